The standard InChI is InChI=1S/C47H56BN7O10S2/c1-26(2)37-25-66-43(51-37)36-20-40(33-16-17-39(63-4)27(3)41(33)50-36)65-31-19-38-42(56)53-47(45(58)54-67(61,62)32-14-15-32)21-30(47)10-8-6-5-7-9-11-35(44(57)55(38)23-31)52-46(59)49-22-28-12-13-29-24-64-48(60)34(29)18-28/h8,10,12-13,16-18,20,25-26,30-32,35,38,60H,5-7,9,11,14-15,19,21-24H2,1-4H3,(H,53,56)(H,54,58)(H2,49,52,59)/b10-8-/t30-,31-,35+,38+,47-/m1/s1. The number of methoxy groups -OCH3 is 1. The molecular weight excluding hydrogens is 898 g/mol. The van der Waals surface area contributed by atoms with Crippen molar-refractivity contribution in [3.63, 3.8) is 0 Å². The van der Waals surface area contributed by atoms with Gasteiger partial charge in [0.15, 0.2) is 0 Å². The number of urea groups is 1. The van der Waals surface area contributed by atoms with Gasteiger partial charge in [0.25, 0.3) is 5.91 Å². The third kappa shape index (κ3) is 9.76. The van der Waals surface area contributed by atoms with Crippen LogP contribution in [-0.2, 0) is 42.2 Å². The molecule has 4 aromatic rings. The van der Waals surface area contributed by atoms with E-state index in [1.165, 1.54) is 16.2 Å². The Balaban J connectivity index is 1.03. The van der Waals surface area contributed by atoms with Crippen molar-refractivity contribution >= 4 is 68.6 Å². The second-order valence-electron chi connectivity index (χ2n) is 18.6. The van der Waals surface area contributed by atoms with Crippen LogP contribution in [0.2, 0.25) is 0 Å². The Morgan fingerprint density at radius 1 is 1.09 bits per heavy atom. The highest BCUT2D eigenvalue weighted by atomic mass is 32.2. The molecule has 3 aliphatic heterocycles. The molecule has 5 aliphatic rings. The number of fused-ring (bicyclic) bond motifs is 4. The van der Waals surface area contributed by atoms with Crippen molar-refractivity contribution in [3.05, 3.63) is 76.3 Å². The molecule has 0 spiro atoms. The lowest BCUT2D eigenvalue weighted by atomic mass is 9.79. The summed E-state index contributed by atoms with van der Waals surface area (Å²) in [7, 11) is -3.39. The SMILES string of the molecule is COc1ccc2c(O[C@@H]3C[C@H]4C(=O)N[C@]5(C(=O)NS(=O)(=O)C6CC6)C[C@H]5/C=C\CCCCC[C@H](NC(=O)NCc5ccc6c(c5)B(O)OC6)C(=O)N4C3)cc(-c3nc(C(C)C)cs3)nc2c1C. The normalized spacial score (nSPS) is 24.7. The summed E-state index contributed by atoms with van der Waals surface area (Å²) in [5.74, 6) is -1.11. The molecule has 5 amide bonds. The van der Waals surface area contributed by atoms with Crippen LogP contribution in [-0.4, -0.2) is 102 Å². The van der Waals surface area contributed by atoms with E-state index in [-0.39, 0.29) is 38.3 Å². The molecule has 0 radical (unpaired) electrons. The highest BCUT2D eigenvalue weighted by Crippen LogP contribution is 2.46. The second-order valence-corrected chi connectivity index (χ2v) is 21.4. The zero-order valence-electron chi connectivity index (χ0n) is 38.0. The van der Waals surface area contributed by atoms with E-state index in [1.807, 2.05) is 54.8 Å². The number of benzene rings is 2. The summed E-state index contributed by atoms with van der Waals surface area (Å²) in [6.07, 6.45) is 7.24. The summed E-state index contributed by atoms with van der Waals surface area (Å²) < 4.78 is 46.1. The van der Waals surface area contributed by atoms with Crippen LogP contribution in [0.15, 0.2) is 53.9 Å². The first-order chi connectivity index (χ1) is 32.1. The lowest BCUT2D eigenvalue weighted by Gasteiger charge is -2.30. The summed E-state index contributed by atoms with van der Waals surface area (Å²) in [6, 6.07) is 8.17. The maximum Gasteiger partial charge on any atom is 0.491 e. The van der Waals surface area contributed by atoms with Gasteiger partial charge in [0, 0.05) is 41.3 Å². The third-order valence-electron chi connectivity index (χ3n) is 13.5. The van der Waals surface area contributed by atoms with Gasteiger partial charge in [-0.25, -0.2) is 23.2 Å². The topological polar surface area (TPSA) is 227 Å². The summed E-state index contributed by atoms with van der Waals surface area (Å²) in [5.41, 5.74) is 3.62. The molecular formula is C47H56BN7O10S2. The first-order valence-electron chi connectivity index (χ1n) is 23.1. The molecule has 1 saturated heterocycles. The van der Waals surface area contributed by atoms with Gasteiger partial charge in [-0.1, -0.05) is 57.0 Å². The molecule has 17 nitrogen and oxygen atoms in total. The van der Waals surface area contributed by atoms with E-state index < -0.39 is 75.8 Å². The van der Waals surface area contributed by atoms with Crippen LogP contribution in [0, 0.1) is 12.8 Å². The average molecular weight is 954 g/mol. The van der Waals surface area contributed by atoms with E-state index >= 15 is 0 Å². The first kappa shape index (κ1) is 46.5. The number of nitrogens with one attached hydrogen (secondary N) is 4. The Kier molecular flexibility index (Phi) is 13.1. The molecule has 9 rings (SSSR count). The number of carbonyl (C=O) groups is 4. The molecule has 67 heavy (non-hydrogen) atoms. The molecule has 0 unspecified atom stereocenters. The van der Waals surface area contributed by atoms with Crippen molar-refractivity contribution < 1.29 is 46.7 Å². The second kappa shape index (κ2) is 18.8. The maximum atomic E-state index is 15.0. The zero-order valence-corrected chi connectivity index (χ0v) is 39.6. The van der Waals surface area contributed by atoms with Gasteiger partial charge >= 0.3 is 13.1 Å². The van der Waals surface area contributed by atoms with Gasteiger partial charge in [0.1, 0.15) is 45.9 Å². The first-order valence-corrected chi connectivity index (χ1v) is 25.5. The lowest BCUT2D eigenvalue weighted by molar-refractivity contribution is -0.141. The van der Waals surface area contributed by atoms with E-state index in [4.69, 9.17) is 24.1 Å². The lowest BCUT2D eigenvalue weighted by Crippen LogP contribution is -2.58. The van der Waals surface area contributed by atoms with E-state index in [9.17, 15) is 32.6 Å². The number of nitrogens with zero attached hydrogens (tertiary/aromatic N) is 3. The van der Waals surface area contributed by atoms with E-state index in [0.717, 1.165) is 35.2 Å². The summed E-state index contributed by atoms with van der Waals surface area (Å²) in [4.78, 5) is 68.7. The van der Waals surface area contributed by atoms with Crippen LogP contribution >= 0.6 is 11.3 Å². The van der Waals surface area contributed by atoms with Gasteiger partial charge in [0.05, 0.1) is 36.7 Å². The number of allylic oxidation sites excluding steroid dienone is 1. The summed E-state index contributed by atoms with van der Waals surface area (Å²) in [6.45, 7) is 6.41. The smallest absolute Gasteiger partial charge is 0.491 e. The van der Waals surface area contributed by atoms with Gasteiger partial charge in [-0.3, -0.25) is 19.1 Å². The molecule has 5 atom stereocenters. The minimum atomic E-state index is -3.94. The number of aryl methyl sites for hydroxylation is 1. The number of carbonyl (C=O) groups excluding carboxylic acids is 4. The van der Waals surface area contributed by atoms with E-state index in [2.05, 4.69) is 34.5 Å². The minimum Gasteiger partial charge on any atom is -0.496 e. The Morgan fingerprint density at radius 2 is 1.91 bits per heavy atom. The highest BCUT2D eigenvalue weighted by Gasteiger charge is 2.62. The molecule has 5 heterocycles. The summed E-state index contributed by atoms with van der Waals surface area (Å²) in [5, 5.41) is 21.6. The number of aromatic nitrogens is 2. The predicted molar refractivity (Wildman–Crippen MR) is 252 cm³/mol. The number of amides is 5. The van der Waals surface area contributed by atoms with Crippen molar-refractivity contribution in [1.29, 1.82) is 0 Å². The Labute approximate surface area is 394 Å². The number of sulfonamides is 1. The summed E-state index contributed by atoms with van der Waals surface area (Å²) >= 11 is 1.47. The fourth-order valence-electron chi connectivity index (χ4n) is 9.27. The number of hydrogen-bond acceptors (Lipinski definition) is 13. The molecule has 3 fully saturated rings. The Hall–Kier alpha value is -5.57. The van der Waals surface area contributed by atoms with Crippen molar-refractivity contribution in [3.8, 4) is 22.2 Å². The maximum absolute atomic E-state index is 15.0. The molecule has 2 saturated carbocycles. The number of ether oxygens (including phenoxy) is 2. The van der Waals surface area contributed by atoms with Gasteiger partial charge in [-0.2, -0.15) is 0 Å². The number of pyridine rings is 1. The van der Waals surface area contributed by atoms with Crippen LogP contribution in [0.5, 0.6) is 11.5 Å². The monoisotopic (exact) mass is 953 g/mol. The predicted octanol–water partition coefficient (Wildman–Crippen LogP) is 4.24. The molecule has 20 heteroatoms. The quantitative estimate of drug-likeness (QED) is 0.105. The van der Waals surface area contributed by atoms with Gasteiger partial charge < -0.3 is 40.0 Å². The minimum absolute atomic E-state index is 0.0198. The molecule has 354 valence electrons. The molecule has 5 N–H and O–H groups in total. The Morgan fingerprint density at radius 3 is 2.67 bits per heavy atom. The van der Waals surface area contributed by atoms with Gasteiger partial charge in [-0.15, -0.1) is 11.3 Å². The van der Waals surface area contributed by atoms with Crippen LogP contribution < -0.4 is 35.6 Å². The van der Waals surface area contributed by atoms with Crippen LogP contribution in [0.3, 0.4) is 0 Å². The molecule has 0 bridgehead atoms. The van der Waals surface area contributed by atoms with Crippen molar-refractivity contribution in [1.82, 2.24) is 35.5 Å². The number of rotatable bonds is 11. The number of hydrogen-bond donors (Lipinski definition) is 5. The van der Waals surface area contributed by atoms with Gasteiger partial charge in [-0.05, 0) is 80.1 Å². The van der Waals surface area contributed by atoms with Crippen molar-refractivity contribution in [2.45, 2.75) is 127 Å². The van der Waals surface area contributed by atoms with Crippen LogP contribution in [0.4, 0.5) is 4.79 Å². The van der Waals surface area contributed by atoms with E-state index in [0.29, 0.717) is 70.9 Å². The van der Waals surface area contributed by atoms with E-state index in [1.54, 1.807) is 13.2 Å². The average Bonchev–Trinajstić information content (AvgIpc) is 4.12. The van der Waals surface area contributed by atoms with Crippen molar-refractivity contribution in [2.24, 2.45) is 5.92 Å². The zero-order chi connectivity index (χ0) is 47.2. The van der Waals surface area contributed by atoms with Crippen LogP contribution in [0.25, 0.3) is 21.6 Å². The van der Waals surface area contributed by atoms with Crippen molar-refractivity contribution in [2.75, 3.05) is 13.7 Å². The highest BCUT2D eigenvalue weighted by molar-refractivity contribution is 7.91. The fourth-order valence-corrected chi connectivity index (χ4v) is 11.6. The third-order valence-corrected chi connectivity index (χ3v) is 16.2. The van der Waals surface area contributed by atoms with Gasteiger partial charge in [0.2, 0.25) is 21.8 Å². The fraction of sp³-hybridized carbons (Fsp3) is 0.489. The molecule has 2 aliphatic carbocycles. The molecule has 2 aromatic heterocycles. The Bertz CT molecular complexity index is 2750. The largest absolute Gasteiger partial charge is 0.496 e. The number of thiazole rings is 1. The van der Waals surface area contributed by atoms with Crippen LogP contribution in [0.1, 0.15) is 99.9 Å². The molecule has 2 aromatic carbocycles.